The third-order valence-corrected chi connectivity index (χ3v) is 4.82. The average molecular weight is 332 g/mol. The van der Waals surface area contributed by atoms with E-state index in [4.69, 9.17) is 4.74 Å². The fourth-order valence-electron chi connectivity index (χ4n) is 3.29. The molecule has 134 valence electrons. The van der Waals surface area contributed by atoms with E-state index in [1.807, 2.05) is 24.3 Å². The summed E-state index contributed by atoms with van der Waals surface area (Å²) < 4.78 is 5.76. The van der Waals surface area contributed by atoms with Crippen LogP contribution in [0.15, 0.2) is 24.3 Å². The van der Waals surface area contributed by atoms with E-state index in [2.05, 4.69) is 12.2 Å². The first kappa shape index (κ1) is 18.8. The lowest BCUT2D eigenvalue weighted by molar-refractivity contribution is 0.0933. The van der Waals surface area contributed by atoms with Gasteiger partial charge in [0.15, 0.2) is 0 Å². The summed E-state index contributed by atoms with van der Waals surface area (Å²) in [4.78, 5) is 12.3. The summed E-state index contributed by atoms with van der Waals surface area (Å²) in [5, 5.41) is 3.19. The molecular weight excluding hydrogens is 298 g/mol. The van der Waals surface area contributed by atoms with Crippen LogP contribution in [0, 0.1) is 0 Å². The standard InChI is InChI=1S/C21H33NO2/c1-2-3-4-7-10-17-24-20-15-13-18(14-16-20)21(23)22-19-11-8-5-6-9-12-19/h13-16,19H,2-12,17H2,1H3,(H,22,23). The summed E-state index contributed by atoms with van der Waals surface area (Å²) >= 11 is 0. The third-order valence-electron chi connectivity index (χ3n) is 4.82. The lowest BCUT2D eigenvalue weighted by Crippen LogP contribution is -2.34. The van der Waals surface area contributed by atoms with Gasteiger partial charge in [-0.25, -0.2) is 0 Å². The number of hydrogen-bond donors (Lipinski definition) is 1. The van der Waals surface area contributed by atoms with Gasteiger partial charge >= 0.3 is 0 Å². The van der Waals surface area contributed by atoms with E-state index in [1.165, 1.54) is 51.4 Å². The number of nitrogens with one attached hydrogen (secondary N) is 1. The van der Waals surface area contributed by atoms with Crippen molar-refractivity contribution in [2.24, 2.45) is 0 Å². The Labute approximate surface area is 147 Å². The van der Waals surface area contributed by atoms with Crippen molar-refractivity contribution in [3.8, 4) is 5.75 Å². The first-order valence-corrected chi connectivity index (χ1v) is 9.83. The molecule has 0 radical (unpaired) electrons. The fourth-order valence-corrected chi connectivity index (χ4v) is 3.29. The Balaban J connectivity index is 1.71. The highest BCUT2D eigenvalue weighted by atomic mass is 16.5. The van der Waals surface area contributed by atoms with Gasteiger partial charge in [0, 0.05) is 11.6 Å². The Morgan fingerprint density at radius 2 is 1.67 bits per heavy atom. The van der Waals surface area contributed by atoms with Gasteiger partial charge in [0.05, 0.1) is 6.61 Å². The van der Waals surface area contributed by atoms with Crippen LogP contribution >= 0.6 is 0 Å². The van der Waals surface area contributed by atoms with E-state index >= 15 is 0 Å². The number of rotatable bonds is 9. The molecule has 1 aromatic rings. The summed E-state index contributed by atoms with van der Waals surface area (Å²) in [5.41, 5.74) is 0.731. The van der Waals surface area contributed by atoms with Gasteiger partial charge in [-0.15, -0.1) is 0 Å². The Morgan fingerprint density at radius 1 is 1.00 bits per heavy atom. The minimum Gasteiger partial charge on any atom is -0.494 e. The molecule has 1 saturated carbocycles. The Bertz CT molecular complexity index is 461. The molecule has 1 N–H and O–H groups in total. The highest BCUT2D eigenvalue weighted by Crippen LogP contribution is 2.18. The van der Waals surface area contributed by atoms with Gasteiger partial charge in [-0.1, -0.05) is 58.3 Å². The number of carbonyl (C=O) groups is 1. The highest BCUT2D eigenvalue weighted by molar-refractivity contribution is 5.94. The van der Waals surface area contributed by atoms with Crippen LogP contribution in [0.5, 0.6) is 5.75 Å². The van der Waals surface area contributed by atoms with Gasteiger partial charge in [-0.3, -0.25) is 4.79 Å². The minimum atomic E-state index is 0.0491. The van der Waals surface area contributed by atoms with Crippen LogP contribution in [0.1, 0.15) is 87.9 Å². The van der Waals surface area contributed by atoms with Crippen molar-refractivity contribution in [2.45, 2.75) is 83.6 Å². The van der Waals surface area contributed by atoms with Crippen LogP contribution in [0.4, 0.5) is 0 Å². The van der Waals surface area contributed by atoms with Crippen molar-refractivity contribution < 1.29 is 9.53 Å². The van der Waals surface area contributed by atoms with Crippen molar-refractivity contribution in [3.63, 3.8) is 0 Å². The predicted octanol–water partition coefficient (Wildman–Crippen LogP) is 5.49. The summed E-state index contributed by atoms with van der Waals surface area (Å²) in [6.07, 6.45) is 13.5. The van der Waals surface area contributed by atoms with E-state index in [9.17, 15) is 4.79 Å². The second kappa shape index (κ2) is 11.1. The molecule has 0 aliphatic heterocycles. The summed E-state index contributed by atoms with van der Waals surface area (Å²) in [6, 6.07) is 7.91. The zero-order chi connectivity index (χ0) is 17.0. The van der Waals surface area contributed by atoms with E-state index in [1.54, 1.807) is 0 Å². The summed E-state index contributed by atoms with van der Waals surface area (Å²) in [5.74, 6) is 0.907. The molecule has 3 heteroatoms. The van der Waals surface area contributed by atoms with Crippen LogP contribution in [0.2, 0.25) is 0 Å². The highest BCUT2D eigenvalue weighted by Gasteiger charge is 2.15. The molecular formula is C21H33NO2. The summed E-state index contributed by atoms with van der Waals surface area (Å²) in [7, 11) is 0. The quantitative estimate of drug-likeness (QED) is 0.480. The van der Waals surface area contributed by atoms with Gasteiger partial charge in [-0.05, 0) is 43.5 Å². The molecule has 3 nitrogen and oxygen atoms in total. The van der Waals surface area contributed by atoms with E-state index in [-0.39, 0.29) is 5.91 Å². The zero-order valence-electron chi connectivity index (χ0n) is 15.2. The largest absolute Gasteiger partial charge is 0.494 e. The molecule has 1 aliphatic rings. The Morgan fingerprint density at radius 3 is 2.33 bits per heavy atom. The minimum absolute atomic E-state index is 0.0491. The second-order valence-corrected chi connectivity index (χ2v) is 6.95. The Hall–Kier alpha value is -1.51. The molecule has 0 aromatic heterocycles. The molecule has 0 spiro atoms. The number of ether oxygens (including phenoxy) is 1. The molecule has 2 rings (SSSR count). The number of unbranched alkanes of at least 4 members (excludes halogenated alkanes) is 4. The van der Waals surface area contributed by atoms with E-state index in [0.29, 0.717) is 6.04 Å². The van der Waals surface area contributed by atoms with Gasteiger partial charge in [0.1, 0.15) is 5.75 Å². The zero-order valence-corrected chi connectivity index (χ0v) is 15.2. The Kier molecular flexibility index (Phi) is 8.72. The fraction of sp³-hybridized carbons (Fsp3) is 0.667. The van der Waals surface area contributed by atoms with Crippen molar-refractivity contribution in [3.05, 3.63) is 29.8 Å². The third kappa shape index (κ3) is 6.94. The van der Waals surface area contributed by atoms with Crippen molar-refractivity contribution in [2.75, 3.05) is 6.61 Å². The monoisotopic (exact) mass is 331 g/mol. The molecule has 1 fully saturated rings. The van der Waals surface area contributed by atoms with Gasteiger partial charge < -0.3 is 10.1 Å². The second-order valence-electron chi connectivity index (χ2n) is 6.95. The number of carbonyl (C=O) groups excluding carboxylic acids is 1. The first-order valence-electron chi connectivity index (χ1n) is 9.83. The lowest BCUT2D eigenvalue weighted by atomic mass is 10.1. The number of benzene rings is 1. The molecule has 0 bridgehead atoms. The van der Waals surface area contributed by atoms with E-state index < -0.39 is 0 Å². The van der Waals surface area contributed by atoms with Crippen molar-refractivity contribution in [1.82, 2.24) is 5.32 Å². The van der Waals surface area contributed by atoms with Crippen LogP contribution in [0.25, 0.3) is 0 Å². The van der Waals surface area contributed by atoms with Gasteiger partial charge in [0.25, 0.3) is 5.91 Å². The molecule has 0 atom stereocenters. The first-order chi connectivity index (χ1) is 11.8. The van der Waals surface area contributed by atoms with Crippen LogP contribution in [-0.2, 0) is 0 Å². The van der Waals surface area contributed by atoms with Crippen molar-refractivity contribution in [1.29, 1.82) is 0 Å². The van der Waals surface area contributed by atoms with Gasteiger partial charge in [0.2, 0.25) is 0 Å². The molecule has 0 unspecified atom stereocenters. The number of amides is 1. The predicted molar refractivity (Wildman–Crippen MR) is 99.7 cm³/mol. The van der Waals surface area contributed by atoms with Crippen LogP contribution in [0.3, 0.4) is 0 Å². The molecule has 1 aromatic carbocycles. The number of hydrogen-bond acceptors (Lipinski definition) is 2. The molecule has 0 saturated heterocycles. The van der Waals surface area contributed by atoms with Crippen molar-refractivity contribution >= 4 is 5.91 Å². The molecule has 0 heterocycles. The maximum absolute atomic E-state index is 12.3. The van der Waals surface area contributed by atoms with Crippen LogP contribution in [-0.4, -0.2) is 18.6 Å². The van der Waals surface area contributed by atoms with Crippen LogP contribution < -0.4 is 10.1 Å². The maximum atomic E-state index is 12.3. The average Bonchev–Trinajstić information content (AvgIpc) is 2.87. The smallest absolute Gasteiger partial charge is 0.251 e. The normalized spacial score (nSPS) is 15.7. The molecule has 1 amide bonds. The summed E-state index contributed by atoms with van der Waals surface area (Å²) in [6.45, 7) is 2.99. The molecule has 24 heavy (non-hydrogen) atoms. The molecule has 1 aliphatic carbocycles. The maximum Gasteiger partial charge on any atom is 0.251 e. The van der Waals surface area contributed by atoms with Gasteiger partial charge in [-0.2, -0.15) is 0 Å². The lowest BCUT2D eigenvalue weighted by Gasteiger charge is -2.16. The SMILES string of the molecule is CCCCCCCOc1ccc(C(=O)NC2CCCCCC2)cc1. The van der Waals surface area contributed by atoms with E-state index in [0.717, 1.165) is 37.2 Å². The topological polar surface area (TPSA) is 38.3 Å².